The zero-order chi connectivity index (χ0) is 13.1. The number of aliphatic hydroxyl groups is 2. The van der Waals surface area contributed by atoms with Crippen LogP contribution in [0, 0.1) is 5.92 Å². The average Bonchev–Trinajstić information content (AvgIpc) is 2.39. The van der Waals surface area contributed by atoms with E-state index < -0.39 is 6.10 Å². The number of aliphatic hydroxyl groups excluding tert-OH is 2. The minimum absolute atomic E-state index is 0.0250. The summed E-state index contributed by atoms with van der Waals surface area (Å²) in [4.78, 5) is 0. The van der Waals surface area contributed by atoms with Crippen molar-refractivity contribution < 1.29 is 15.3 Å². The highest BCUT2D eigenvalue weighted by Gasteiger charge is 2.18. The van der Waals surface area contributed by atoms with Crippen LogP contribution in [0.1, 0.15) is 25.0 Å². The Bertz CT molecular complexity index is 536. The summed E-state index contributed by atoms with van der Waals surface area (Å²) >= 11 is 0. The fraction of sp³-hybridized carbons (Fsp3) is 0.333. The second-order valence-corrected chi connectivity index (χ2v) is 4.65. The summed E-state index contributed by atoms with van der Waals surface area (Å²) in [6, 6.07) is 10.8. The van der Waals surface area contributed by atoms with Gasteiger partial charge in [-0.2, -0.15) is 0 Å². The molecule has 0 aliphatic carbocycles. The van der Waals surface area contributed by atoms with Crippen LogP contribution in [0.3, 0.4) is 0 Å². The summed E-state index contributed by atoms with van der Waals surface area (Å²) in [5.41, 5.74) is 0.796. The van der Waals surface area contributed by atoms with Gasteiger partial charge < -0.3 is 15.3 Å². The van der Waals surface area contributed by atoms with E-state index in [1.807, 2.05) is 31.2 Å². The van der Waals surface area contributed by atoms with Crippen LogP contribution in [-0.4, -0.2) is 21.9 Å². The molecule has 3 heteroatoms. The van der Waals surface area contributed by atoms with Crippen molar-refractivity contribution in [3.8, 4) is 5.75 Å². The van der Waals surface area contributed by atoms with Gasteiger partial charge in [0, 0.05) is 12.0 Å². The van der Waals surface area contributed by atoms with E-state index in [1.165, 1.54) is 0 Å². The molecule has 0 spiro atoms. The highest BCUT2D eigenvalue weighted by Crippen LogP contribution is 2.34. The van der Waals surface area contributed by atoms with Gasteiger partial charge in [0.05, 0.1) is 6.10 Å². The topological polar surface area (TPSA) is 60.7 Å². The Labute approximate surface area is 106 Å². The standard InChI is InChI=1S/C15H18O3/c1-10(8-9-16)15(18)13-6-7-14(17)12-5-3-2-4-11(12)13/h2-7,10,15-18H,8-9H2,1H3/t10-,15+/m1/s1. The maximum absolute atomic E-state index is 10.3. The number of phenols is 1. The number of phenolic OH excluding ortho intramolecular Hbond substituents is 1. The Morgan fingerprint density at radius 3 is 2.39 bits per heavy atom. The summed E-state index contributed by atoms with van der Waals surface area (Å²) in [7, 11) is 0. The van der Waals surface area contributed by atoms with E-state index in [-0.39, 0.29) is 18.3 Å². The molecule has 2 atom stereocenters. The number of benzene rings is 2. The van der Waals surface area contributed by atoms with Crippen LogP contribution in [0.4, 0.5) is 0 Å². The van der Waals surface area contributed by atoms with Crippen molar-refractivity contribution in [2.24, 2.45) is 5.92 Å². The molecule has 3 nitrogen and oxygen atoms in total. The van der Waals surface area contributed by atoms with Crippen LogP contribution in [0.25, 0.3) is 10.8 Å². The van der Waals surface area contributed by atoms with Crippen LogP contribution in [0.15, 0.2) is 36.4 Å². The Morgan fingerprint density at radius 2 is 1.72 bits per heavy atom. The van der Waals surface area contributed by atoms with Gasteiger partial charge in [0.25, 0.3) is 0 Å². The van der Waals surface area contributed by atoms with E-state index in [0.29, 0.717) is 6.42 Å². The molecule has 3 N–H and O–H groups in total. The molecule has 2 aromatic rings. The second-order valence-electron chi connectivity index (χ2n) is 4.65. The Hall–Kier alpha value is -1.58. The first kappa shape index (κ1) is 12.9. The second kappa shape index (κ2) is 5.38. The minimum Gasteiger partial charge on any atom is -0.507 e. The molecule has 0 aliphatic heterocycles. The van der Waals surface area contributed by atoms with Crippen LogP contribution < -0.4 is 0 Å². The number of aromatic hydroxyl groups is 1. The third-order valence-electron chi connectivity index (χ3n) is 3.38. The monoisotopic (exact) mass is 246 g/mol. The number of hydrogen-bond acceptors (Lipinski definition) is 3. The minimum atomic E-state index is -0.636. The lowest BCUT2D eigenvalue weighted by molar-refractivity contribution is 0.100. The number of rotatable bonds is 4. The van der Waals surface area contributed by atoms with Gasteiger partial charge in [0.1, 0.15) is 5.75 Å². The predicted molar refractivity (Wildman–Crippen MR) is 71.4 cm³/mol. The van der Waals surface area contributed by atoms with Gasteiger partial charge in [0.2, 0.25) is 0 Å². The largest absolute Gasteiger partial charge is 0.507 e. The smallest absolute Gasteiger partial charge is 0.123 e. The van der Waals surface area contributed by atoms with E-state index in [2.05, 4.69) is 0 Å². The van der Waals surface area contributed by atoms with Gasteiger partial charge in [0.15, 0.2) is 0 Å². The Balaban J connectivity index is 2.48. The van der Waals surface area contributed by atoms with Gasteiger partial charge in [-0.3, -0.25) is 0 Å². The van der Waals surface area contributed by atoms with Crippen LogP contribution in [0.5, 0.6) is 5.75 Å². The van der Waals surface area contributed by atoms with Crippen LogP contribution in [0.2, 0.25) is 0 Å². The summed E-state index contributed by atoms with van der Waals surface area (Å²) in [5.74, 6) is 0.194. The number of hydrogen-bond donors (Lipinski definition) is 3. The SMILES string of the molecule is C[C@H](CCO)[C@H](O)c1ccc(O)c2ccccc12. The highest BCUT2D eigenvalue weighted by molar-refractivity contribution is 5.91. The van der Waals surface area contributed by atoms with Gasteiger partial charge in [-0.05, 0) is 29.4 Å². The summed E-state index contributed by atoms with van der Waals surface area (Å²) < 4.78 is 0. The van der Waals surface area contributed by atoms with E-state index in [1.54, 1.807) is 12.1 Å². The Morgan fingerprint density at radius 1 is 1.06 bits per heavy atom. The first-order valence-corrected chi connectivity index (χ1v) is 6.14. The molecular formula is C15H18O3. The van der Waals surface area contributed by atoms with E-state index in [9.17, 15) is 10.2 Å². The molecule has 0 amide bonds. The van der Waals surface area contributed by atoms with E-state index in [0.717, 1.165) is 16.3 Å². The zero-order valence-corrected chi connectivity index (χ0v) is 10.4. The third-order valence-corrected chi connectivity index (χ3v) is 3.38. The normalized spacial score (nSPS) is 14.6. The lowest BCUT2D eigenvalue weighted by Crippen LogP contribution is -2.11. The zero-order valence-electron chi connectivity index (χ0n) is 10.4. The van der Waals surface area contributed by atoms with Crippen molar-refractivity contribution in [2.75, 3.05) is 6.61 Å². The molecule has 2 aromatic carbocycles. The van der Waals surface area contributed by atoms with Crippen molar-refractivity contribution in [3.63, 3.8) is 0 Å². The molecule has 18 heavy (non-hydrogen) atoms. The average molecular weight is 246 g/mol. The van der Waals surface area contributed by atoms with Crippen LogP contribution in [-0.2, 0) is 0 Å². The quantitative estimate of drug-likeness (QED) is 0.777. The first-order chi connectivity index (χ1) is 8.65. The van der Waals surface area contributed by atoms with Gasteiger partial charge in [-0.1, -0.05) is 37.3 Å². The predicted octanol–water partition coefficient (Wildman–Crippen LogP) is 2.60. The van der Waals surface area contributed by atoms with E-state index >= 15 is 0 Å². The van der Waals surface area contributed by atoms with Crippen molar-refractivity contribution in [2.45, 2.75) is 19.4 Å². The Kier molecular flexibility index (Phi) is 3.84. The molecule has 0 saturated heterocycles. The van der Waals surface area contributed by atoms with Gasteiger partial charge in [-0.25, -0.2) is 0 Å². The van der Waals surface area contributed by atoms with Crippen molar-refractivity contribution in [3.05, 3.63) is 42.0 Å². The fourth-order valence-corrected chi connectivity index (χ4v) is 2.23. The maximum atomic E-state index is 10.3. The lowest BCUT2D eigenvalue weighted by atomic mass is 9.91. The molecule has 0 unspecified atom stereocenters. The molecule has 0 fully saturated rings. The van der Waals surface area contributed by atoms with Gasteiger partial charge >= 0.3 is 0 Å². The molecule has 96 valence electrons. The molecular weight excluding hydrogens is 228 g/mol. The maximum Gasteiger partial charge on any atom is 0.123 e. The summed E-state index contributed by atoms with van der Waals surface area (Å²) in [6.45, 7) is 1.97. The molecule has 0 bridgehead atoms. The molecule has 0 heterocycles. The van der Waals surface area contributed by atoms with Gasteiger partial charge in [-0.15, -0.1) is 0 Å². The van der Waals surface area contributed by atoms with E-state index in [4.69, 9.17) is 5.11 Å². The van der Waals surface area contributed by atoms with Crippen LogP contribution >= 0.6 is 0 Å². The van der Waals surface area contributed by atoms with Crippen molar-refractivity contribution >= 4 is 10.8 Å². The molecule has 0 aliphatic rings. The third kappa shape index (κ3) is 2.33. The first-order valence-electron chi connectivity index (χ1n) is 6.14. The molecule has 0 aromatic heterocycles. The fourth-order valence-electron chi connectivity index (χ4n) is 2.23. The highest BCUT2D eigenvalue weighted by atomic mass is 16.3. The van der Waals surface area contributed by atoms with Crippen molar-refractivity contribution in [1.29, 1.82) is 0 Å². The molecule has 0 radical (unpaired) electrons. The molecule has 0 saturated carbocycles. The lowest BCUT2D eigenvalue weighted by Gasteiger charge is -2.20. The molecule has 2 rings (SSSR count). The summed E-state index contributed by atoms with van der Waals surface area (Å²) in [6.07, 6.45) is -0.0845. The summed E-state index contributed by atoms with van der Waals surface area (Å²) in [5, 5.41) is 30.7. The van der Waals surface area contributed by atoms with Crippen molar-refractivity contribution in [1.82, 2.24) is 0 Å². The number of fused-ring (bicyclic) bond motifs is 1.